The molecule has 0 aromatic heterocycles. The molecule has 0 radical (unpaired) electrons. The molecule has 0 spiro atoms. The molecule has 8 heteroatoms. The van der Waals surface area contributed by atoms with Crippen LogP contribution in [0, 0.1) is 0 Å². The first-order chi connectivity index (χ1) is 7.55. The zero-order valence-corrected chi connectivity index (χ0v) is 12.6. The van der Waals surface area contributed by atoms with Gasteiger partial charge in [-0.3, -0.25) is 4.90 Å². The highest BCUT2D eigenvalue weighted by Crippen LogP contribution is 2.39. The molecule has 0 aromatic rings. The molecule has 0 amide bonds. The number of rotatable bonds is 2. The highest BCUT2D eigenvalue weighted by molar-refractivity contribution is 7.89. The summed E-state index contributed by atoms with van der Waals surface area (Å²) in [7, 11) is -3.33. The molecular formula is C10H21Cl2N3O2S. The number of piperidine rings is 1. The van der Waals surface area contributed by atoms with Gasteiger partial charge in [-0.05, 0) is 25.7 Å². The lowest BCUT2D eigenvalue weighted by Crippen LogP contribution is -2.63. The monoisotopic (exact) mass is 317 g/mol. The number of nitrogens with one attached hydrogen (secondary N) is 1. The minimum absolute atomic E-state index is 0. The van der Waals surface area contributed by atoms with Crippen LogP contribution < -0.4 is 10.5 Å². The Hall–Kier alpha value is 0.410. The molecule has 3 fully saturated rings. The topological polar surface area (TPSA) is 75.4 Å². The highest BCUT2D eigenvalue weighted by Gasteiger charge is 2.47. The van der Waals surface area contributed by atoms with Crippen molar-refractivity contribution in [2.24, 2.45) is 5.14 Å². The molecule has 108 valence electrons. The van der Waals surface area contributed by atoms with Crippen LogP contribution in [0.15, 0.2) is 0 Å². The molecule has 2 bridgehead atoms. The molecule has 5 nitrogen and oxygen atoms in total. The second-order valence-corrected chi connectivity index (χ2v) is 7.17. The van der Waals surface area contributed by atoms with Crippen LogP contribution in [0.25, 0.3) is 0 Å². The molecule has 0 unspecified atom stereocenters. The van der Waals surface area contributed by atoms with E-state index in [-0.39, 0.29) is 30.1 Å². The maximum Gasteiger partial charge on any atom is 0.212 e. The standard InChI is InChI=1S/C10H19N3O2S.2ClH/c11-16(14,15)10-3-7-1-2-8(4-10)13(7)9-5-12-6-9;;/h7-10,12H,1-6H2,(H2,11,14,15);2*1H/t7-,8+,10+;;. The highest BCUT2D eigenvalue weighted by atomic mass is 35.5. The molecule has 3 N–H and O–H groups in total. The lowest BCUT2D eigenvalue weighted by atomic mass is 9.97. The Morgan fingerprint density at radius 1 is 1.00 bits per heavy atom. The van der Waals surface area contributed by atoms with Crippen molar-refractivity contribution in [3.8, 4) is 0 Å². The first-order valence-corrected chi connectivity index (χ1v) is 7.66. The third kappa shape index (κ3) is 2.78. The van der Waals surface area contributed by atoms with E-state index in [1.807, 2.05) is 0 Å². The average Bonchev–Trinajstić information content (AvgIpc) is 2.39. The van der Waals surface area contributed by atoms with Crippen molar-refractivity contribution in [2.45, 2.75) is 49.1 Å². The van der Waals surface area contributed by atoms with E-state index in [9.17, 15) is 8.42 Å². The summed E-state index contributed by atoms with van der Waals surface area (Å²) >= 11 is 0. The number of fused-ring (bicyclic) bond motifs is 2. The van der Waals surface area contributed by atoms with Crippen LogP contribution in [0.4, 0.5) is 0 Å². The minimum atomic E-state index is -3.33. The summed E-state index contributed by atoms with van der Waals surface area (Å²) in [6, 6.07) is 1.54. The van der Waals surface area contributed by atoms with Gasteiger partial charge < -0.3 is 5.32 Å². The van der Waals surface area contributed by atoms with E-state index in [0.717, 1.165) is 38.8 Å². The normalized spacial score (nSPS) is 36.4. The molecule has 3 heterocycles. The summed E-state index contributed by atoms with van der Waals surface area (Å²) in [5, 5.41) is 8.26. The van der Waals surface area contributed by atoms with Gasteiger partial charge in [-0.2, -0.15) is 0 Å². The van der Waals surface area contributed by atoms with E-state index in [2.05, 4.69) is 10.2 Å². The van der Waals surface area contributed by atoms with Crippen LogP contribution in [-0.4, -0.2) is 49.8 Å². The van der Waals surface area contributed by atoms with Crippen LogP contribution >= 0.6 is 24.8 Å². The van der Waals surface area contributed by atoms with E-state index in [4.69, 9.17) is 5.14 Å². The summed E-state index contributed by atoms with van der Waals surface area (Å²) in [4.78, 5) is 2.55. The van der Waals surface area contributed by atoms with Crippen LogP contribution in [0.1, 0.15) is 25.7 Å². The van der Waals surface area contributed by atoms with Gasteiger partial charge in [0.2, 0.25) is 10.0 Å². The van der Waals surface area contributed by atoms with Gasteiger partial charge in [-0.15, -0.1) is 24.8 Å². The van der Waals surface area contributed by atoms with Gasteiger partial charge in [0.05, 0.1) is 5.25 Å². The van der Waals surface area contributed by atoms with Crippen LogP contribution in [-0.2, 0) is 10.0 Å². The summed E-state index contributed by atoms with van der Waals surface area (Å²) in [6.45, 7) is 2.13. The lowest BCUT2D eigenvalue weighted by Gasteiger charge is -2.46. The summed E-state index contributed by atoms with van der Waals surface area (Å²) in [5.41, 5.74) is 0. The number of sulfonamides is 1. The number of hydrogen-bond acceptors (Lipinski definition) is 4. The van der Waals surface area contributed by atoms with E-state index in [1.54, 1.807) is 0 Å². The maximum absolute atomic E-state index is 11.4. The zero-order valence-electron chi connectivity index (χ0n) is 10.1. The van der Waals surface area contributed by atoms with E-state index >= 15 is 0 Å². The van der Waals surface area contributed by atoms with Gasteiger partial charge >= 0.3 is 0 Å². The first kappa shape index (κ1) is 16.5. The molecule has 18 heavy (non-hydrogen) atoms. The largest absolute Gasteiger partial charge is 0.314 e. The van der Waals surface area contributed by atoms with Gasteiger partial charge in [0.1, 0.15) is 0 Å². The van der Waals surface area contributed by atoms with Crippen molar-refractivity contribution in [3.05, 3.63) is 0 Å². The third-order valence-electron chi connectivity index (χ3n) is 4.39. The second-order valence-electron chi connectivity index (χ2n) is 5.33. The minimum Gasteiger partial charge on any atom is -0.314 e. The fraction of sp³-hybridized carbons (Fsp3) is 1.00. The van der Waals surface area contributed by atoms with Gasteiger partial charge in [0.25, 0.3) is 0 Å². The fourth-order valence-electron chi connectivity index (χ4n) is 3.51. The van der Waals surface area contributed by atoms with Gasteiger partial charge in [0, 0.05) is 31.2 Å². The molecule has 3 saturated heterocycles. The van der Waals surface area contributed by atoms with Gasteiger partial charge in [-0.1, -0.05) is 0 Å². The molecule has 0 saturated carbocycles. The van der Waals surface area contributed by atoms with Crippen molar-refractivity contribution in [2.75, 3.05) is 13.1 Å². The van der Waals surface area contributed by atoms with Crippen molar-refractivity contribution >= 4 is 34.8 Å². The first-order valence-electron chi connectivity index (χ1n) is 6.05. The van der Waals surface area contributed by atoms with E-state index < -0.39 is 10.0 Å². The van der Waals surface area contributed by atoms with Gasteiger partial charge in [0.15, 0.2) is 0 Å². The molecule has 3 aliphatic rings. The van der Waals surface area contributed by atoms with E-state index in [1.165, 1.54) is 0 Å². The Labute approximate surface area is 121 Å². The average molecular weight is 318 g/mol. The quantitative estimate of drug-likeness (QED) is 0.756. The molecule has 3 atom stereocenters. The Morgan fingerprint density at radius 2 is 1.50 bits per heavy atom. The number of primary sulfonamides is 1. The molecule has 3 aliphatic heterocycles. The SMILES string of the molecule is Cl.Cl.NS(=O)(=O)[C@H]1C[C@H]2CC[C@@H](C1)N2C1CNC1. The third-order valence-corrected chi connectivity index (χ3v) is 5.71. The zero-order chi connectivity index (χ0) is 11.3. The van der Waals surface area contributed by atoms with Crippen molar-refractivity contribution in [1.29, 1.82) is 0 Å². The maximum atomic E-state index is 11.4. The van der Waals surface area contributed by atoms with Crippen LogP contribution in [0.2, 0.25) is 0 Å². The predicted octanol–water partition coefficient (Wildman–Crippen LogP) is 0.0857. The smallest absolute Gasteiger partial charge is 0.212 e. The number of halogens is 2. The van der Waals surface area contributed by atoms with Crippen LogP contribution in [0.5, 0.6) is 0 Å². The Bertz CT molecular complexity index is 375. The fourth-order valence-corrected chi connectivity index (χ4v) is 4.49. The molecule has 0 aliphatic carbocycles. The lowest BCUT2D eigenvalue weighted by molar-refractivity contribution is 0.0592. The number of nitrogens with two attached hydrogens (primary N) is 1. The van der Waals surface area contributed by atoms with Crippen LogP contribution in [0.3, 0.4) is 0 Å². The summed E-state index contributed by atoms with van der Waals surface area (Å²) in [5.74, 6) is 0. The Kier molecular flexibility index (Phi) is 5.31. The molecule has 3 rings (SSSR count). The number of nitrogens with zero attached hydrogens (tertiary/aromatic N) is 1. The summed E-state index contributed by atoms with van der Waals surface area (Å²) < 4.78 is 22.8. The predicted molar refractivity (Wildman–Crippen MR) is 75.9 cm³/mol. The second kappa shape index (κ2) is 5.81. The molecule has 0 aromatic carbocycles. The van der Waals surface area contributed by atoms with Crippen molar-refractivity contribution in [3.63, 3.8) is 0 Å². The molecular weight excluding hydrogens is 297 g/mol. The van der Waals surface area contributed by atoms with E-state index in [0.29, 0.717) is 18.1 Å². The Balaban J connectivity index is 0.000000810. The van der Waals surface area contributed by atoms with Gasteiger partial charge in [-0.25, -0.2) is 13.6 Å². The Morgan fingerprint density at radius 3 is 1.83 bits per heavy atom. The summed E-state index contributed by atoms with van der Waals surface area (Å²) in [6.07, 6.45) is 3.78. The van der Waals surface area contributed by atoms with Crippen molar-refractivity contribution in [1.82, 2.24) is 10.2 Å². The number of hydrogen-bond donors (Lipinski definition) is 2. The van der Waals surface area contributed by atoms with Crippen molar-refractivity contribution < 1.29 is 8.42 Å².